The molecule has 0 spiro atoms. The molecule has 0 saturated carbocycles. The van der Waals surface area contributed by atoms with Gasteiger partial charge < -0.3 is 0 Å². The van der Waals surface area contributed by atoms with Crippen molar-refractivity contribution in [2.24, 2.45) is 5.92 Å². The van der Waals surface area contributed by atoms with Crippen LogP contribution in [0.15, 0.2) is 0 Å². The molecule has 0 aliphatic rings. The number of carbonyl (C=O) groups is 1. The summed E-state index contributed by atoms with van der Waals surface area (Å²) < 4.78 is 0. The van der Waals surface area contributed by atoms with Gasteiger partial charge in [-0.25, -0.2) is 0 Å². The minimum absolute atomic E-state index is 0.116. The molecule has 0 heterocycles. The lowest BCUT2D eigenvalue weighted by atomic mass is 9.79. The Bertz CT molecular complexity index is 89.1. The zero-order valence-electron chi connectivity index (χ0n) is 5.76. The molecule has 46 valence electrons. The van der Waals surface area contributed by atoms with E-state index in [-0.39, 0.29) is 11.7 Å². The fourth-order valence-electron chi connectivity index (χ4n) is 0.648. The molecule has 0 amide bonds. The lowest BCUT2D eigenvalue weighted by Crippen LogP contribution is -2.11. The molecule has 0 aromatic rings. The summed E-state index contributed by atoms with van der Waals surface area (Å²) in [6.07, 6.45) is 1.30. The van der Waals surface area contributed by atoms with E-state index in [1.807, 2.05) is 6.92 Å². The normalized spacial score (nSPS) is 10.0. The number of ketones is 1. The molecule has 0 fully saturated rings. The highest BCUT2D eigenvalue weighted by Gasteiger charge is 2.09. The molecule has 0 aliphatic carbocycles. The van der Waals surface area contributed by atoms with Gasteiger partial charge in [0.25, 0.3) is 0 Å². The van der Waals surface area contributed by atoms with Gasteiger partial charge in [-0.05, 0) is 0 Å². The van der Waals surface area contributed by atoms with Crippen molar-refractivity contribution >= 4 is 21.5 Å². The first kappa shape index (κ1) is 8.80. The van der Waals surface area contributed by atoms with Gasteiger partial charge in [-0.2, -0.15) is 0 Å². The first-order chi connectivity index (χ1) is 4.26. The molecule has 0 saturated heterocycles. The average Bonchev–Trinajstić information content (AvgIpc) is 1.90. The average molecular weight is 120 g/mol. The summed E-state index contributed by atoms with van der Waals surface area (Å²) in [4.78, 5) is 10.8. The van der Waals surface area contributed by atoms with Crippen molar-refractivity contribution < 1.29 is 4.79 Å². The molecule has 4 radical (unpaired) electrons. The molecule has 0 atom stereocenters. The molecule has 3 heteroatoms. The highest BCUT2D eigenvalue weighted by atomic mass is 16.1. The third kappa shape index (κ3) is 2.73. The maximum absolute atomic E-state index is 10.8. The standard InChI is InChI=1S/C6H10B2O/c1-2-6(9)5(3-7)4-8/h5H,2-4H2,1H3. The van der Waals surface area contributed by atoms with Gasteiger partial charge in [0.15, 0.2) is 0 Å². The van der Waals surface area contributed by atoms with Crippen LogP contribution in [0.1, 0.15) is 13.3 Å². The van der Waals surface area contributed by atoms with Crippen LogP contribution in [0, 0.1) is 5.92 Å². The van der Waals surface area contributed by atoms with Gasteiger partial charge in [0.2, 0.25) is 0 Å². The number of hydrogen-bond acceptors (Lipinski definition) is 1. The predicted molar refractivity (Wildman–Crippen MR) is 39.9 cm³/mol. The summed E-state index contributed by atoms with van der Waals surface area (Å²) in [7, 11) is 10.5. The minimum atomic E-state index is -0.116. The van der Waals surface area contributed by atoms with Gasteiger partial charge in [-0.15, -0.1) is 0 Å². The lowest BCUT2D eigenvalue weighted by Gasteiger charge is -2.08. The molecule has 9 heavy (non-hydrogen) atoms. The zero-order chi connectivity index (χ0) is 7.28. The topological polar surface area (TPSA) is 17.1 Å². The molecule has 0 unspecified atom stereocenters. The van der Waals surface area contributed by atoms with Gasteiger partial charge >= 0.3 is 0 Å². The summed E-state index contributed by atoms with van der Waals surface area (Å²) in [6.45, 7) is 1.82. The van der Waals surface area contributed by atoms with Crippen LogP contribution < -0.4 is 0 Å². The number of Topliss-reactive ketones (excluding diaryl/α,β-unsaturated/α-hetero) is 1. The maximum atomic E-state index is 10.8. The lowest BCUT2D eigenvalue weighted by molar-refractivity contribution is -0.121. The summed E-state index contributed by atoms with van der Waals surface area (Å²) in [5, 5.41) is 0. The van der Waals surface area contributed by atoms with Crippen molar-refractivity contribution in [3.05, 3.63) is 0 Å². The Kier molecular flexibility index (Phi) is 4.55. The van der Waals surface area contributed by atoms with E-state index in [1.54, 1.807) is 0 Å². The molecule has 0 aliphatic heterocycles. The monoisotopic (exact) mass is 120 g/mol. The van der Waals surface area contributed by atoms with Gasteiger partial charge in [-0.3, -0.25) is 4.79 Å². The second-order valence-electron chi connectivity index (χ2n) is 1.99. The van der Waals surface area contributed by atoms with Gasteiger partial charge in [0.1, 0.15) is 5.78 Å². The Labute approximate surface area is 59.0 Å². The van der Waals surface area contributed by atoms with E-state index in [0.717, 1.165) is 0 Å². The van der Waals surface area contributed by atoms with Crippen LogP contribution in [0.4, 0.5) is 0 Å². The van der Waals surface area contributed by atoms with Crippen LogP contribution in [0.25, 0.3) is 0 Å². The summed E-state index contributed by atoms with van der Waals surface area (Å²) in [5.41, 5.74) is 0. The molecule has 0 aromatic heterocycles. The van der Waals surface area contributed by atoms with Crippen molar-refractivity contribution in [3.63, 3.8) is 0 Å². The first-order valence-corrected chi connectivity index (χ1v) is 3.19. The highest BCUT2D eigenvalue weighted by molar-refractivity contribution is 6.14. The highest BCUT2D eigenvalue weighted by Crippen LogP contribution is 2.08. The molecule has 1 nitrogen and oxygen atoms in total. The Morgan fingerprint density at radius 3 is 2.00 bits per heavy atom. The number of hydrogen-bond donors (Lipinski definition) is 0. The molecule has 0 aromatic carbocycles. The Morgan fingerprint density at radius 1 is 1.44 bits per heavy atom. The SMILES string of the molecule is [B]CC(C[B])C(=O)CC. The second-order valence-corrected chi connectivity index (χ2v) is 1.99. The van der Waals surface area contributed by atoms with Crippen molar-refractivity contribution in [2.45, 2.75) is 26.0 Å². The van der Waals surface area contributed by atoms with Crippen molar-refractivity contribution in [1.82, 2.24) is 0 Å². The van der Waals surface area contributed by atoms with E-state index >= 15 is 0 Å². The van der Waals surface area contributed by atoms with Crippen LogP contribution in [-0.2, 0) is 4.79 Å². The molecular formula is C6H10B2O. The van der Waals surface area contributed by atoms with Gasteiger partial charge in [0.05, 0.1) is 15.7 Å². The van der Waals surface area contributed by atoms with Crippen LogP contribution >= 0.6 is 0 Å². The third-order valence-electron chi connectivity index (χ3n) is 1.37. The van der Waals surface area contributed by atoms with Crippen LogP contribution in [0.5, 0.6) is 0 Å². The van der Waals surface area contributed by atoms with Crippen LogP contribution in [0.2, 0.25) is 12.6 Å². The zero-order valence-corrected chi connectivity index (χ0v) is 5.76. The molecular weight excluding hydrogens is 110 g/mol. The Morgan fingerprint density at radius 2 is 1.89 bits per heavy atom. The third-order valence-corrected chi connectivity index (χ3v) is 1.37. The Hall–Kier alpha value is -0.200. The quantitative estimate of drug-likeness (QED) is 0.500. The first-order valence-electron chi connectivity index (χ1n) is 3.19. The summed E-state index contributed by atoms with van der Waals surface area (Å²) >= 11 is 0. The van der Waals surface area contributed by atoms with E-state index in [4.69, 9.17) is 15.7 Å². The fraction of sp³-hybridized carbons (Fsp3) is 0.833. The maximum Gasteiger partial charge on any atom is 0.134 e. The predicted octanol–water partition coefficient (Wildman–Crippen LogP) is 0.755. The van der Waals surface area contributed by atoms with Gasteiger partial charge in [-0.1, -0.05) is 19.6 Å². The number of carbonyl (C=O) groups excluding carboxylic acids is 1. The fourth-order valence-corrected chi connectivity index (χ4v) is 0.648. The van der Waals surface area contributed by atoms with Crippen LogP contribution in [0.3, 0.4) is 0 Å². The van der Waals surface area contributed by atoms with Crippen molar-refractivity contribution in [3.8, 4) is 0 Å². The van der Waals surface area contributed by atoms with E-state index in [9.17, 15) is 4.79 Å². The minimum Gasteiger partial charge on any atom is -0.299 e. The summed E-state index contributed by atoms with van der Waals surface area (Å²) in [6, 6.07) is 0. The van der Waals surface area contributed by atoms with Crippen molar-refractivity contribution in [2.75, 3.05) is 0 Å². The van der Waals surface area contributed by atoms with E-state index in [0.29, 0.717) is 19.1 Å². The van der Waals surface area contributed by atoms with E-state index in [2.05, 4.69) is 0 Å². The molecule has 0 rings (SSSR count). The largest absolute Gasteiger partial charge is 0.299 e. The molecule has 0 N–H and O–H groups in total. The number of rotatable bonds is 4. The second kappa shape index (κ2) is 4.66. The van der Waals surface area contributed by atoms with Crippen LogP contribution in [-0.4, -0.2) is 21.5 Å². The van der Waals surface area contributed by atoms with E-state index < -0.39 is 0 Å². The summed E-state index contributed by atoms with van der Waals surface area (Å²) in [5.74, 6) is 0.0509. The molecule has 0 bridgehead atoms. The van der Waals surface area contributed by atoms with Crippen molar-refractivity contribution in [1.29, 1.82) is 0 Å². The van der Waals surface area contributed by atoms with E-state index in [1.165, 1.54) is 0 Å². The Balaban J connectivity index is 3.64. The smallest absolute Gasteiger partial charge is 0.134 e. The van der Waals surface area contributed by atoms with Gasteiger partial charge in [0, 0.05) is 12.3 Å².